The van der Waals surface area contributed by atoms with E-state index in [0.29, 0.717) is 11.5 Å². The molecule has 0 bridgehead atoms. The van der Waals surface area contributed by atoms with Gasteiger partial charge in [0.2, 0.25) is 0 Å². The van der Waals surface area contributed by atoms with Gasteiger partial charge in [0.1, 0.15) is 5.75 Å². The van der Waals surface area contributed by atoms with Crippen LogP contribution in [0, 0.1) is 5.41 Å². The molecular formula is C15H24N2O. The van der Waals surface area contributed by atoms with Crippen LogP contribution in [0.25, 0.3) is 0 Å². The van der Waals surface area contributed by atoms with E-state index in [2.05, 4.69) is 19.2 Å². The van der Waals surface area contributed by atoms with Gasteiger partial charge in [-0.25, -0.2) is 0 Å². The summed E-state index contributed by atoms with van der Waals surface area (Å²) in [6.45, 7) is 4.68. The maximum atomic E-state index is 5.89. The van der Waals surface area contributed by atoms with Crippen LogP contribution < -0.4 is 15.8 Å². The number of benzene rings is 1. The average Bonchev–Trinajstić information content (AvgIpc) is 2.31. The molecule has 3 N–H and O–H groups in total. The predicted octanol–water partition coefficient (Wildman–Crippen LogP) is 3.66. The number of hydrogen-bond acceptors (Lipinski definition) is 3. The van der Waals surface area contributed by atoms with Crippen LogP contribution in [0.3, 0.4) is 0 Å². The third-order valence-electron chi connectivity index (χ3n) is 4.01. The fourth-order valence-corrected chi connectivity index (χ4v) is 2.79. The van der Waals surface area contributed by atoms with Gasteiger partial charge in [0.25, 0.3) is 0 Å². The number of nitrogens with one attached hydrogen (secondary N) is 1. The Morgan fingerprint density at radius 1 is 1.28 bits per heavy atom. The summed E-state index contributed by atoms with van der Waals surface area (Å²) in [5.74, 6) is 0.811. The molecule has 100 valence electrons. The number of methoxy groups -OCH3 is 1. The molecule has 1 aromatic carbocycles. The first-order valence-corrected chi connectivity index (χ1v) is 6.72. The van der Waals surface area contributed by atoms with Gasteiger partial charge in [0.15, 0.2) is 0 Å². The van der Waals surface area contributed by atoms with Crippen LogP contribution in [0.2, 0.25) is 0 Å². The lowest BCUT2D eigenvalue weighted by Gasteiger charge is -2.39. The number of nitrogen functional groups attached to an aromatic ring is 1. The second kappa shape index (κ2) is 5.09. The van der Waals surface area contributed by atoms with Crippen molar-refractivity contribution in [3.8, 4) is 5.75 Å². The summed E-state index contributed by atoms with van der Waals surface area (Å²) >= 11 is 0. The van der Waals surface area contributed by atoms with Crippen molar-refractivity contribution in [3.63, 3.8) is 0 Å². The molecule has 0 amide bonds. The Kier molecular flexibility index (Phi) is 3.69. The second-order valence-electron chi connectivity index (χ2n) is 5.93. The molecule has 1 atom stereocenters. The van der Waals surface area contributed by atoms with E-state index in [9.17, 15) is 0 Å². The molecule has 1 aliphatic rings. The van der Waals surface area contributed by atoms with E-state index in [4.69, 9.17) is 10.5 Å². The Hall–Kier alpha value is -1.38. The minimum absolute atomic E-state index is 0.343. The van der Waals surface area contributed by atoms with E-state index in [1.165, 1.54) is 25.7 Å². The number of hydrogen-bond donors (Lipinski definition) is 2. The van der Waals surface area contributed by atoms with Crippen molar-refractivity contribution in [2.75, 3.05) is 18.2 Å². The second-order valence-corrected chi connectivity index (χ2v) is 5.93. The molecule has 1 aliphatic carbocycles. The molecule has 0 saturated heterocycles. The first-order chi connectivity index (χ1) is 8.51. The Balaban J connectivity index is 2.15. The van der Waals surface area contributed by atoms with Gasteiger partial charge in [-0.2, -0.15) is 0 Å². The highest BCUT2D eigenvalue weighted by Crippen LogP contribution is 2.37. The largest absolute Gasteiger partial charge is 0.497 e. The van der Waals surface area contributed by atoms with E-state index in [1.54, 1.807) is 7.11 Å². The van der Waals surface area contributed by atoms with Crippen molar-refractivity contribution in [1.82, 2.24) is 0 Å². The Morgan fingerprint density at radius 2 is 2.06 bits per heavy atom. The Labute approximate surface area is 110 Å². The quantitative estimate of drug-likeness (QED) is 0.802. The molecule has 0 aromatic heterocycles. The maximum Gasteiger partial charge on any atom is 0.122 e. The third kappa shape index (κ3) is 2.89. The molecule has 0 heterocycles. The van der Waals surface area contributed by atoms with E-state index in [-0.39, 0.29) is 0 Å². The molecule has 18 heavy (non-hydrogen) atoms. The number of anilines is 2. The van der Waals surface area contributed by atoms with Crippen molar-refractivity contribution in [1.29, 1.82) is 0 Å². The van der Waals surface area contributed by atoms with Crippen molar-refractivity contribution in [2.45, 2.75) is 45.6 Å². The molecule has 2 rings (SSSR count). The summed E-state index contributed by atoms with van der Waals surface area (Å²) < 4.78 is 5.26. The van der Waals surface area contributed by atoms with Crippen LogP contribution in [-0.4, -0.2) is 13.2 Å². The van der Waals surface area contributed by atoms with Gasteiger partial charge in [-0.15, -0.1) is 0 Å². The van der Waals surface area contributed by atoms with Crippen molar-refractivity contribution in [2.24, 2.45) is 5.41 Å². The summed E-state index contributed by atoms with van der Waals surface area (Å²) in [6, 6.07) is 6.35. The predicted molar refractivity (Wildman–Crippen MR) is 77.1 cm³/mol. The molecular weight excluding hydrogens is 224 g/mol. The topological polar surface area (TPSA) is 47.3 Å². The first kappa shape index (κ1) is 13.1. The Morgan fingerprint density at radius 3 is 2.72 bits per heavy atom. The van der Waals surface area contributed by atoms with Gasteiger partial charge >= 0.3 is 0 Å². The molecule has 0 aliphatic heterocycles. The van der Waals surface area contributed by atoms with Crippen LogP contribution in [0.4, 0.5) is 11.4 Å². The molecule has 1 unspecified atom stereocenters. The van der Waals surface area contributed by atoms with Gasteiger partial charge in [0, 0.05) is 29.5 Å². The van der Waals surface area contributed by atoms with Crippen molar-refractivity contribution < 1.29 is 4.74 Å². The van der Waals surface area contributed by atoms with E-state index in [1.807, 2.05) is 18.2 Å². The molecule has 1 aromatic rings. The third-order valence-corrected chi connectivity index (χ3v) is 4.01. The van der Waals surface area contributed by atoms with Gasteiger partial charge in [0.05, 0.1) is 7.11 Å². The lowest BCUT2D eigenvalue weighted by molar-refractivity contribution is 0.217. The van der Waals surface area contributed by atoms with Gasteiger partial charge in [-0.1, -0.05) is 26.7 Å². The number of nitrogens with two attached hydrogens (primary N) is 1. The normalized spacial score (nSPS) is 22.5. The average molecular weight is 248 g/mol. The zero-order valence-corrected chi connectivity index (χ0v) is 11.6. The maximum absolute atomic E-state index is 5.89. The Bertz CT molecular complexity index is 415. The van der Waals surface area contributed by atoms with Crippen LogP contribution >= 0.6 is 0 Å². The van der Waals surface area contributed by atoms with Gasteiger partial charge in [-0.3, -0.25) is 0 Å². The van der Waals surface area contributed by atoms with Crippen molar-refractivity contribution in [3.05, 3.63) is 18.2 Å². The summed E-state index contributed by atoms with van der Waals surface area (Å²) in [6.07, 6.45) is 5.15. The molecule has 3 heteroatoms. The van der Waals surface area contributed by atoms with E-state index in [0.717, 1.165) is 17.1 Å². The van der Waals surface area contributed by atoms with Crippen LogP contribution in [0.5, 0.6) is 5.75 Å². The van der Waals surface area contributed by atoms with Gasteiger partial charge in [-0.05, 0) is 24.3 Å². The lowest BCUT2D eigenvalue weighted by Crippen LogP contribution is -2.38. The lowest BCUT2D eigenvalue weighted by atomic mass is 9.73. The monoisotopic (exact) mass is 248 g/mol. The molecule has 0 spiro atoms. The standard InChI is InChI=1S/C15H24N2O/c1-15(2)7-5-4-6-14(15)17-12-8-11(16)9-13(10-12)18-3/h8-10,14,17H,4-7,16H2,1-3H3. The smallest absolute Gasteiger partial charge is 0.122 e. The number of rotatable bonds is 3. The minimum Gasteiger partial charge on any atom is -0.497 e. The zero-order chi connectivity index (χ0) is 13.2. The number of ether oxygens (including phenoxy) is 1. The molecule has 1 fully saturated rings. The van der Waals surface area contributed by atoms with E-state index < -0.39 is 0 Å². The summed E-state index contributed by atoms with van der Waals surface area (Å²) in [7, 11) is 1.67. The fourth-order valence-electron chi connectivity index (χ4n) is 2.79. The fraction of sp³-hybridized carbons (Fsp3) is 0.600. The highest BCUT2D eigenvalue weighted by atomic mass is 16.5. The van der Waals surface area contributed by atoms with Crippen LogP contribution in [0.15, 0.2) is 18.2 Å². The minimum atomic E-state index is 0.343. The van der Waals surface area contributed by atoms with Crippen molar-refractivity contribution >= 4 is 11.4 Å². The van der Waals surface area contributed by atoms with Gasteiger partial charge < -0.3 is 15.8 Å². The first-order valence-electron chi connectivity index (χ1n) is 6.72. The van der Waals surface area contributed by atoms with Crippen LogP contribution in [-0.2, 0) is 0 Å². The highest BCUT2D eigenvalue weighted by Gasteiger charge is 2.32. The van der Waals surface area contributed by atoms with E-state index >= 15 is 0 Å². The molecule has 0 radical (unpaired) electrons. The summed E-state index contributed by atoms with van der Waals surface area (Å²) in [5, 5.41) is 3.63. The molecule has 1 saturated carbocycles. The SMILES string of the molecule is COc1cc(N)cc(NC2CCCCC2(C)C)c1. The molecule has 3 nitrogen and oxygen atoms in total. The summed E-state index contributed by atoms with van der Waals surface area (Å²) in [5.41, 5.74) is 8.03. The summed E-state index contributed by atoms with van der Waals surface area (Å²) in [4.78, 5) is 0. The zero-order valence-electron chi connectivity index (χ0n) is 11.6. The van der Waals surface area contributed by atoms with Crippen LogP contribution in [0.1, 0.15) is 39.5 Å². The highest BCUT2D eigenvalue weighted by molar-refractivity contribution is 5.59.